The summed E-state index contributed by atoms with van der Waals surface area (Å²) in [5, 5.41) is 3.07. The molecule has 0 aromatic heterocycles. The summed E-state index contributed by atoms with van der Waals surface area (Å²) < 4.78 is 33.2. The van der Waals surface area contributed by atoms with Crippen LogP contribution in [0.2, 0.25) is 0 Å². The molecule has 1 aliphatic carbocycles. The summed E-state index contributed by atoms with van der Waals surface area (Å²) in [4.78, 5) is 5.60. The normalized spacial score (nSPS) is 20.3. The third-order valence-electron chi connectivity index (χ3n) is 4.75. The Kier molecular flexibility index (Phi) is 4.38. The zero-order chi connectivity index (χ0) is 18.1. The Labute approximate surface area is 150 Å². The molecule has 2 aromatic carbocycles. The first kappa shape index (κ1) is 17.0. The van der Waals surface area contributed by atoms with Crippen molar-refractivity contribution in [3.63, 3.8) is 0 Å². The second-order valence-electron chi connectivity index (χ2n) is 6.51. The van der Waals surface area contributed by atoms with Gasteiger partial charge in [0.1, 0.15) is 17.4 Å². The maximum Gasteiger partial charge on any atom is 0.162 e. The van der Waals surface area contributed by atoms with Crippen LogP contribution in [0.15, 0.2) is 48.0 Å². The van der Waals surface area contributed by atoms with Crippen LogP contribution in [0.3, 0.4) is 0 Å². The summed E-state index contributed by atoms with van der Waals surface area (Å²) in [6, 6.07) is 10.7. The van der Waals surface area contributed by atoms with E-state index in [4.69, 9.17) is 9.57 Å². The average molecular weight is 358 g/mol. The highest BCUT2D eigenvalue weighted by Gasteiger charge is 2.58. The molecule has 136 valence electrons. The first-order chi connectivity index (χ1) is 12.6. The van der Waals surface area contributed by atoms with E-state index in [-0.39, 0.29) is 11.6 Å². The van der Waals surface area contributed by atoms with Gasteiger partial charge in [-0.05, 0) is 44.3 Å². The van der Waals surface area contributed by atoms with Crippen LogP contribution >= 0.6 is 0 Å². The molecule has 0 amide bonds. The van der Waals surface area contributed by atoms with Crippen LogP contribution in [0.4, 0.5) is 8.78 Å². The smallest absolute Gasteiger partial charge is 0.162 e. The number of hydrogen-bond donors (Lipinski definition) is 2. The lowest BCUT2D eigenvalue weighted by Crippen LogP contribution is -2.25. The molecule has 2 N–H and O–H groups in total. The molecule has 4 nitrogen and oxygen atoms in total. The van der Waals surface area contributed by atoms with E-state index in [2.05, 4.69) is 10.8 Å². The predicted molar refractivity (Wildman–Crippen MR) is 94.3 cm³/mol. The molecule has 1 unspecified atom stereocenters. The third-order valence-corrected chi connectivity index (χ3v) is 4.75. The Morgan fingerprint density at radius 3 is 2.65 bits per heavy atom. The second kappa shape index (κ2) is 6.70. The number of halogens is 2. The Morgan fingerprint density at radius 1 is 1.12 bits per heavy atom. The second-order valence-corrected chi connectivity index (χ2v) is 6.51. The Bertz CT molecular complexity index is 851. The fourth-order valence-electron chi connectivity index (χ4n) is 3.35. The van der Waals surface area contributed by atoms with E-state index in [1.165, 1.54) is 24.3 Å². The molecule has 2 aliphatic rings. The fraction of sp³-hybridized carbons (Fsp3) is 0.300. The molecule has 0 saturated heterocycles. The summed E-state index contributed by atoms with van der Waals surface area (Å²) >= 11 is 0. The van der Waals surface area contributed by atoms with Gasteiger partial charge in [0.2, 0.25) is 0 Å². The number of rotatable bonds is 7. The quantitative estimate of drug-likeness (QED) is 0.587. The van der Waals surface area contributed by atoms with Crippen molar-refractivity contribution in [2.45, 2.75) is 18.4 Å². The van der Waals surface area contributed by atoms with Crippen molar-refractivity contribution < 1.29 is 18.4 Å². The Morgan fingerprint density at radius 2 is 1.88 bits per heavy atom. The monoisotopic (exact) mass is 358 g/mol. The van der Waals surface area contributed by atoms with E-state index >= 15 is 0 Å². The molecule has 4 rings (SSSR count). The molecule has 1 heterocycles. The summed E-state index contributed by atoms with van der Waals surface area (Å²) in [6.07, 6.45) is 1.51. The van der Waals surface area contributed by atoms with Crippen molar-refractivity contribution >= 4 is 5.70 Å². The van der Waals surface area contributed by atoms with Crippen molar-refractivity contribution in [3.05, 3.63) is 70.8 Å². The first-order valence-corrected chi connectivity index (χ1v) is 8.65. The van der Waals surface area contributed by atoms with E-state index in [1.807, 2.05) is 7.05 Å². The van der Waals surface area contributed by atoms with E-state index in [9.17, 15) is 8.78 Å². The highest BCUT2D eigenvalue weighted by atomic mass is 19.1. The highest BCUT2D eigenvalue weighted by molar-refractivity contribution is 5.80. The van der Waals surface area contributed by atoms with Crippen molar-refractivity contribution in [1.29, 1.82) is 0 Å². The van der Waals surface area contributed by atoms with Gasteiger partial charge in [0.05, 0.1) is 12.3 Å². The lowest BCUT2D eigenvalue weighted by Gasteiger charge is -2.26. The zero-order valence-electron chi connectivity index (χ0n) is 14.4. The number of fused-ring (bicyclic) bond motifs is 2. The number of benzene rings is 2. The van der Waals surface area contributed by atoms with Crippen LogP contribution in [0.25, 0.3) is 5.70 Å². The molecule has 1 saturated carbocycles. The van der Waals surface area contributed by atoms with E-state index in [0.717, 1.165) is 35.4 Å². The molecular formula is C20H20F2N2O2. The molecule has 0 bridgehead atoms. The van der Waals surface area contributed by atoms with Gasteiger partial charge in [0.25, 0.3) is 0 Å². The third kappa shape index (κ3) is 2.95. The molecule has 6 heteroatoms. The van der Waals surface area contributed by atoms with Crippen LogP contribution in [0.1, 0.15) is 24.0 Å². The summed E-state index contributed by atoms with van der Waals surface area (Å²) in [5.41, 5.74) is 5.80. The molecule has 1 aliphatic heterocycles. The molecule has 0 spiro atoms. The zero-order valence-corrected chi connectivity index (χ0v) is 14.4. The fourth-order valence-corrected chi connectivity index (χ4v) is 3.35. The largest absolute Gasteiger partial charge is 0.477 e. The van der Waals surface area contributed by atoms with Crippen molar-refractivity contribution in [1.82, 2.24) is 10.8 Å². The van der Waals surface area contributed by atoms with Crippen LogP contribution in [-0.2, 0) is 10.4 Å². The topological polar surface area (TPSA) is 42.5 Å². The number of hydroxylamine groups is 1. The van der Waals surface area contributed by atoms with Gasteiger partial charge in [-0.1, -0.05) is 12.1 Å². The van der Waals surface area contributed by atoms with Gasteiger partial charge in [-0.15, -0.1) is 0 Å². The van der Waals surface area contributed by atoms with Crippen LogP contribution in [0, 0.1) is 11.6 Å². The molecule has 1 fully saturated rings. The van der Waals surface area contributed by atoms with Crippen molar-refractivity contribution in [2.24, 2.45) is 0 Å². The SMILES string of the molecule is CNCCCONC1=C2CC2(c2ccc(F)cc2)Oc2cc(F)ccc21. The number of nitrogens with one attached hydrogen (secondary N) is 2. The molecule has 26 heavy (non-hydrogen) atoms. The number of hydrogen-bond acceptors (Lipinski definition) is 4. The lowest BCUT2D eigenvalue weighted by molar-refractivity contribution is 0.0748. The van der Waals surface area contributed by atoms with Crippen molar-refractivity contribution in [3.8, 4) is 5.75 Å². The molecule has 2 aromatic rings. The van der Waals surface area contributed by atoms with E-state index in [0.29, 0.717) is 18.8 Å². The maximum absolute atomic E-state index is 13.7. The Balaban J connectivity index is 1.65. The van der Waals surface area contributed by atoms with Gasteiger partial charge in [-0.2, -0.15) is 0 Å². The van der Waals surface area contributed by atoms with Crippen LogP contribution in [-0.4, -0.2) is 20.2 Å². The van der Waals surface area contributed by atoms with Crippen molar-refractivity contribution in [2.75, 3.05) is 20.2 Å². The first-order valence-electron chi connectivity index (χ1n) is 8.65. The minimum Gasteiger partial charge on any atom is -0.477 e. The summed E-state index contributed by atoms with van der Waals surface area (Å²) in [7, 11) is 1.89. The van der Waals surface area contributed by atoms with E-state index in [1.54, 1.807) is 18.2 Å². The lowest BCUT2D eigenvalue weighted by atomic mass is 10.0. The van der Waals surface area contributed by atoms with Gasteiger partial charge >= 0.3 is 0 Å². The number of ether oxygens (including phenoxy) is 1. The van der Waals surface area contributed by atoms with Gasteiger partial charge in [-0.3, -0.25) is 10.3 Å². The van der Waals surface area contributed by atoms with Gasteiger partial charge in [0, 0.05) is 29.2 Å². The average Bonchev–Trinajstić information content (AvgIpc) is 3.36. The minimum atomic E-state index is -0.675. The molecular weight excluding hydrogens is 338 g/mol. The van der Waals surface area contributed by atoms with Crippen LogP contribution < -0.4 is 15.5 Å². The summed E-state index contributed by atoms with van der Waals surface area (Å²) in [5.74, 6) is -0.210. The minimum absolute atomic E-state index is 0.301. The standard InChI is InChI=1S/C20H20F2N2O2/c1-23-9-2-10-25-24-19-16-8-7-15(22)11-18(16)26-20(12-17(19)20)13-3-5-14(21)6-4-13/h3-8,11,23-24H,2,9-10,12H2,1H3. The molecule has 1 atom stereocenters. The Hall–Kier alpha value is -2.44. The van der Waals surface area contributed by atoms with Gasteiger partial charge in [0.15, 0.2) is 5.60 Å². The predicted octanol–water partition coefficient (Wildman–Crippen LogP) is 3.50. The molecule has 0 radical (unpaired) electrons. The highest BCUT2D eigenvalue weighted by Crippen LogP contribution is 2.61. The maximum atomic E-state index is 13.7. The van der Waals surface area contributed by atoms with Gasteiger partial charge in [-0.25, -0.2) is 8.78 Å². The summed E-state index contributed by atoms with van der Waals surface area (Å²) in [6.45, 7) is 1.40. The van der Waals surface area contributed by atoms with Gasteiger partial charge < -0.3 is 10.1 Å². The van der Waals surface area contributed by atoms with Crippen LogP contribution in [0.5, 0.6) is 5.75 Å². The van der Waals surface area contributed by atoms with E-state index < -0.39 is 5.60 Å².